The van der Waals surface area contributed by atoms with Gasteiger partial charge in [0.05, 0.1) is 0 Å². The molecule has 1 aromatic heterocycles. The average molecular weight is 185 g/mol. The molecular formula is C9H13ClN2. The van der Waals surface area contributed by atoms with E-state index < -0.39 is 0 Å². The maximum absolute atomic E-state index is 5.79. The van der Waals surface area contributed by atoms with Crippen molar-refractivity contribution in [1.82, 2.24) is 4.98 Å². The van der Waals surface area contributed by atoms with Crippen molar-refractivity contribution < 1.29 is 0 Å². The largest absolute Gasteiger partial charge is 0.330 e. The molecule has 0 aliphatic carbocycles. The van der Waals surface area contributed by atoms with Gasteiger partial charge >= 0.3 is 0 Å². The first kappa shape index (κ1) is 9.49. The van der Waals surface area contributed by atoms with Gasteiger partial charge in [-0.2, -0.15) is 0 Å². The molecule has 0 saturated heterocycles. The Morgan fingerprint density at radius 3 is 2.83 bits per heavy atom. The number of nitrogens with zero attached hydrogens (tertiary/aromatic N) is 1. The van der Waals surface area contributed by atoms with Crippen molar-refractivity contribution in [3.05, 3.63) is 28.5 Å². The molecule has 0 atom stereocenters. The maximum atomic E-state index is 5.79. The normalized spacial score (nSPS) is 10.2. The fraction of sp³-hybridized carbons (Fsp3) is 0.444. The number of rotatable bonds is 3. The molecule has 0 saturated carbocycles. The van der Waals surface area contributed by atoms with E-state index in [1.54, 1.807) is 0 Å². The number of halogens is 1. The minimum atomic E-state index is 0.571. The SMILES string of the molecule is Cc1cc(Cl)nc(CCCN)c1. The molecule has 0 unspecified atom stereocenters. The summed E-state index contributed by atoms with van der Waals surface area (Å²) in [5, 5.41) is 0.571. The van der Waals surface area contributed by atoms with Crippen LogP contribution in [0.4, 0.5) is 0 Å². The third-order valence-electron chi connectivity index (χ3n) is 1.63. The van der Waals surface area contributed by atoms with Crippen LogP contribution in [-0.4, -0.2) is 11.5 Å². The summed E-state index contributed by atoms with van der Waals surface area (Å²) >= 11 is 5.79. The average Bonchev–Trinajstić information content (AvgIpc) is 1.99. The van der Waals surface area contributed by atoms with E-state index in [0.717, 1.165) is 24.1 Å². The third kappa shape index (κ3) is 2.80. The molecule has 0 bridgehead atoms. The zero-order valence-corrected chi connectivity index (χ0v) is 7.93. The smallest absolute Gasteiger partial charge is 0.129 e. The highest BCUT2D eigenvalue weighted by Gasteiger charge is 1.97. The number of hydrogen-bond donors (Lipinski definition) is 1. The summed E-state index contributed by atoms with van der Waals surface area (Å²) in [6, 6.07) is 3.90. The van der Waals surface area contributed by atoms with E-state index in [1.165, 1.54) is 0 Å². The van der Waals surface area contributed by atoms with E-state index in [9.17, 15) is 0 Å². The van der Waals surface area contributed by atoms with Crippen molar-refractivity contribution in [1.29, 1.82) is 0 Å². The predicted molar refractivity (Wildman–Crippen MR) is 51.4 cm³/mol. The quantitative estimate of drug-likeness (QED) is 0.730. The van der Waals surface area contributed by atoms with Gasteiger partial charge < -0.3 is 5.73 Å². The Balaban J connectivity index is 2.72. The van der Waals surface area contributed by atoms with Gasteiger partial charge in [0.25, 0.3) is 0 Å². The summed E-state index contributed by atoms with van der Waals surface area (Å²) in [4.78, 5) is 4.18. The minimum absolute atomic E-state index is 0.571. The molecule has 0 spiro atoms. The Labute approximate surface area is 77.8 Å². The molecule has 1 rings (SSSR count). The highest BCUT2D eigenvalue weighted by molar-refractivity contribution is 6.29. The number of nitrogens with two attached hydrogens (primary N) is 1. The van der Waals surface area contributed by atoms with E-state index in [4.69, 9.17) is 17.3 Å². The first-order chi connectivity index (χ1) is 5.72. The second kappa shape index (κ2) is 4.43. The van der Waals surface area contributed by atoms with E-state index >= 15 is 0 Å². The number of pyridine rings is 1. The molecule has 2 N–H and O–H groups in total. The van der Waals surface area contributed by atoms with Crippen molar-refractivity contribution in [3.63, 3.8) is 0 Å². The van der Waals surface area contributed by atoms with Gasteiger partial charge in [-0.3, -0.25) is 0 Å². The zero-order valence-electron chi connectivity index (χ0n) is 7.18. The van der Waals surface area contributed by atoms with Crippen molar-refractivity contribution in [3.8, 4) is 0 Å². The van der Waals surface area contributed by atoms with Crippen LogP contribution < -0.4 is 5.73 Å². The molecule has 0 radical (unpaired) electrons. The molecule has 1 aromatic rings. The molecular weight excluding hydrogens is 172 g/mol. The monoisotopic (exact) mass is 184 g/mol. The van der Waals surface area contributed by atoms with Crippen LogP contribution in [-0.2, 0) is 6.42 Å². The zero-order chi connectivity index (χ0) is 8.97. The van der Waals surface area contributed by atoms with Gasteiger partial charge in [0.2, 0.25) is 0 Å². The lowest BCUT2D eigenvalue weighted by molar-refractivity contribution is 0.809. The van der Waals surface area contributed by atoms with Crippen LogP contribution in [0.2, 0.25) is 5.15 Å². The second-order valence-electron chi connectivity index (χ2n) is 2.85. The molecule has 66 valence electrons. The van der Waals surface area contributed by atoms with Gasteiger partial charge in [-0.15, -0.1) is 0 Å². The standard InChI is InChI=1S/C9H13ClN2/c1-7-5-8(3-2-4-11)12-9(10)6-7/h5-6H,2-4,11H2,1H3. The topological polar surface area (TPSA) is 38.9 Å². The number of aryl methyl sites for hydroxylation is 2. The lowest BCUT2D eigenvalue weighted by Gasteiger charge is -2.01. The highest BCUT2D eigenvalue weighted by atomic mass is 35.5. The molecule has 12 heavy (non-hydrogen) atoms. The van der Waals surface area contributed by atoms with Crippen LogP contribution in [0.1, 0.15) is 17.7 Å². The summed E-state index contributed by atoms with van der Waals surface area (Å²) < 4.78 is 0. The second-order valence-corrected chi connectivity index (χ2v) is 3.24. The van der Waals surface area contributed by atoms with Crippen molar-refractivity contribution in [2.24, 2.45) is 5.73 Å². The molecule has 0 aromatic carbocycles. The van der Waals surface area contributed by atoms with Gasteiger partial charge in [-0.05, 0) is 44.0 Å². The van der Waals surface area contributed by atoms with E-state index in [1.807, 2.05) is 19.1 Å². The Bertz CT molecular complexity index is 240. The van der Waals surface area contributed by atoms with Crippen molar-refractivity contribution >= 4 is 11.6 Å². The van der Waals surface area contributed by atoms with Gasteiger partial charge in [0.15, 0.2) is 0 Å². The third-order valence-corrected chi connectivity index (χ3v) is 1.82. The molecule has 0 aliphatic rings. The van der Waals surface area contributed by atoms with Crippen LogP contribution >= 0.6 is 11.6 Å². The van der Waals surface area contributed by atoms with E-state index in [0.29, 0.717) is 11.7 Å². The van der Waals surface area contributed by atoms with Crippen LogP contribution in [0.3, 0.4) is 0 Å². The van der Waals surface area contributed by atoms with Gasteiger partial charge in [-0.25, -0.2) is 4.98 Å². The minimum Gasteiger partial charge on any atom is -0.330 e. The maximum Gasteiger partial charge on any atom is 0.129 e. The van der Waals surface area contributed by atoms with Crippen LogP contribution in [0.25, 0.3) is 0 Å². The predicted octanol–water partition coefficient (Wildman–Crippen LogP) is 1.93. The fourth-order valence-corrected chi connectivity index (χ4v) is 1.39. The van der Waals surface area contributed by atoms with E-state index in [-0.39, 0.29) is 0 Å². The Morgan fingerprint density at radius 1 is 1.50 bits per heavy atom. The van der Waals surface area contributed by atoms with Gasteiger partial charge in [-0.1, -0.05) is 11.6 Å². The lowest BCUT2D eigenvalue weighted by atomic mass is 10.2. The summed E-state index contributed by atoms with van der Waals surface area (Å²) in [5.41, 5.74) is 7.58. The molecule has 2 nitrogen and oxygen atoms in total. The summed E-state index contributed by atoms with van der Waals surface area (Å²) in [5.74, 6) is 0. The fourth-order valence-electron chi connectivity index (χ4n) is 1.11. The lowest BCUT2D eigenvalue weighted by Crippen LogP contribution is -2.01. The first-order valence-corrected chi connectivity index (χ1v) is 4.43. The number of hydrogen-bond acceptors (Lipinski definition) is 2. The van der Waals surface area contributed by atoms with Crippen LogP contribution in [0, 0.1) is 6.92 Å². The summed E-state index contributed by atoms with van der Waals surface area (Å²) in [6.07, 6.45) is 1.88. The van der Waals surface area contributed by atoms with Crippen molar-refractivity contribution in [2.75, 3.05) is 6.54 Å². The molecule has 1 heterocycles. The van der Waals surface area contributed by atoms with Crippen LogP contribution in [0.5, 0.6) is 0 Å². The Kier molecular flexibility index (Phi) is 3.50. The summed E-state index contributed by atoms with van der Waals surface area (Å²) in [6.45, 7) is 2.72. The molecule has 0 aliphatic heterocycles. The van der Waals surface area contributed by atoms with Gasteiger partial charge in [0, 0.05) is 5.69 Å². The number of aromatic nitrogens is 1. The molecule has 0 fully saturated rings. The Morgan fingerprint density at radius 2 is 2.25 bits per heavy atom. The summed E-state index contributed by atoms with van der Waals surface area (Å²) in [7, 11) is 0. The first-order valence-electron chi connectivity index (χ1n) is 4.05. The van der Waals surface area contributed by atoms with Gasteiger partial charge in [0.1, 0.15) is 5.15 Å². The molecule has 3 heteroatoms. The van der Waals surface area contributed by atoms with E-state index in [2.05, 4.69) is 4.98 Å². The Hall–Kier alpha value is -0.600. The van der Waals surface area contributed by atoms with Crippen molar-refractivity contribution in [2.45, 2.75) is 19.8 Å². The highest BCUT2D eigenvalue weighted by Crippen LogP contribution is 2.10. The van der Waals surface area contributed by atoms with Crippen LogP contribution in [0.15, 0.2) is 12.1 Å². The molecule has 0 amide bonds.